The van der Waals surface area contributed by atoms with Crippen LogP contribution in [0.4, 0.5) is 5.82 Å². The fourth-order valence-electron chi connectivity index (χ4n) is 0.896. The molecule has 7 nitrogen and oxygen atoms in total. The highest BCUT2D eigenvalue weighted by Gasteiger charge is 2.06. The van der Waals surface area contributed by atoms with Crippen LogP contribution in [0, 0.1) is 0 Å². The molecule has 2 aromatic rings. The SMILES string of the molecule is Cn1c(Sc2cnc(N)cn2)n[nH]c1=O. The van der Waals surface area contributed by atoms with Gasteiger partial charge in [0, 0.05) is 7.05 Å². The fraction of sp³-hybridized carbons (Fsp3) is 0.143. The summed E-state index contributed by atoms with van der Waals surface area (Å²) in [5, 5.41) is 7.31. The molecule has 0 bridgehead atoms. The van der Waals surface area contributed by atoms with E-state index in [-0.39, 0.29) is 5.69 Å². The molecular formula is C7H8N6OS. The van der Waals surface area contributed by atoms with Crippen LogP contribution in [-0.4, -0.2) is 24.7 Å². The summed E-state index contributed by atoms with van der Waals surface area (Å²) in [6.07, 6.45) is 2.98. The monoisotopic (exact) mass is 224 g/mol. The van der Waals surface area contributed by atoms with Crippen molar-refractivity contribution in [3.05, 3.63) is 22.9 Å². The molecule has 0 unspecified atom stereocenters. The van der Waals surface area contributed by atoms with E-state index in [0.717, 1.165) is 0 Å². The van der Waals surface area contributed by atoms with Crippen molar-refractivity contribution in [2.45, 2.75) is 10.2 Å². The Labute approximate surface area is 88.7 Å². The largest absolute Gasteiger partial charge is 0.382 e. The first kappa shape index (κ1) is 9.71. The Morgan fingerprint density at radius 3 is 2.80 bits per heavy atom. The van der Waals surface area contributed by atoms with E-state index < -0.39 is 0 Å². The van der Waals surface area contributed by atoms with Gasteiger partial charge in [-0.3, -0.25) is 4.57 Å². The minimum atomic E-state index is -0.263. The first-order valence-electron chi connectivity index (χ1n) is 4.03. The molecule has 0 radical (unpaired) electrons. The molecule has 2 aromatic heterocycles. The second kappa shape index (κ2) is 3.73. The van der Waals surface area contributed by atoms with Crippen molar-refractivity contribution >= 4 is 17.6 Å². The second-order valence-corrected chi connectivity index (χ2v) is 3.74. The average molecular weight is 224 g/mol. The van der Waals surface area contributed by atoms with Crippen molar-refractivity contribution in [2.75, 3.05) is 5.73 Å². The minimum Gasteiger partial charge on any atom is -0.382 e. The number of rotatable bonds is 2. The van der Waals surface area contributed by atoms with Crippen molar-refractivity contribution < 1.29 is 0 Å². The smallest absolute Gasteiger partial charge is 0.343 e. The molecule has 0 aliphatic rings. The lowest BCUT2D eigenvalue weighted by Crippen LogP contribution is -2.12. The number of hydrogen-bond acceptors (Lipinski definition) is 6. The summed E-state index contributed by atoms with van der Waals surface area (Å²) in [4.78, 5) is 19.0. The van der Waals surface area contributed by atoms with E-state index in [0.29, 0.717) is 16.0 Å². The molecule has 3 N–H and O–H groups in total. The maximum absolute atomic E-state index is 11.1. The van der Waals surface area contributed by atoms with E-state index in [1.165, 1.54) is 28.7 Å². The Kier molecular flexibility index (Phi) is 2.42. The molecule has 78 valence electrons. The van der Waals surface area contributed by atoms with Crippen LogP contribution >= 0.6 is 11.8 Å². The molecule has 0 aliphatic heterocycles. The Morgan fingerprint density at radius 1 is 1.47 bits per heavy atom. The third-order valence-electron chi connectivity index (χ3n) is 1.68. The van der Waals surface area contributed by atoms with Crippen LogP contribution in [0.15, 0.2) is 27.4 Å². The van der Waals surface area contributed by atoms with Gasteiger partial charge in [0.05, 0.1) is 12.4 Å². The molecule has 0 saturated heterocycles. The molecule has 0 atom stereocenters. The van der Waals surface area contributed by atoms with E-state index in [2.05, 4.69) is 20.2 Å². The summed E-state index contributed by atoms with van der Waals surface area (Å²) >= 11 is 1.24. The predicted molar refractivity (Wildman–Crippen MR) is 54.4 cm³/mol. The van der Waals surface area contributed by atoms with Crippen molar-refractivity contribution in [3.63, 3.8) is 0 Å². The highest BCUT2D eigenvalue weighted by Crippen LogP contribution is 2.21. The van der Waals surface area contributed by atoms with Crippen LogP contribution in [0.3, 0.4) is 0 Å². The summed E-state index contributed by atoms with van der Waals surface area (Å²) < 4.78 is 1.39. The fourth-order valence-corrected chi connectivity index (χ4v) is 1.61. The molecule has 0 spiro atoms. The van der Waals surface area contributed by atoms with Gasteiger partial charge in [-0.05, 0) is 11.8 Å². The van der Waals surface area contributed by atoms with Gasteiger partial charge in [-0.1, -0.05) is 0 Å². The molecule has 0 amide bonds. The topological polar surface area (TPSA) is 102 Å². The molecule has 2 rings (SSSR count). The average Bonchev–Trinajstić information content (AvgIpc) is 2.53. The highest BCUT2D eigenvalue weighted by atomic mass is 32.2. The number of H-pyrrole nitrogens is 1. The van der Waals surface area contributed by atoms with Crippen LogP contribution in [0.25, 0.3) is 0 Å². The molecule has 0 saturated carbocycles. The number of nitrogens with one attached hydrogen (secondary N) is 1. The van der Waals surface area contributed by atoms with E-state index >= 15 is 0 Å². The van der Waals surface area contributed by atoms with Gasteiger partial charge in [-0.25, -0.2) is 19.9 Å². The van der Waals surface area contributed by atoms with Crippen molar-refractivity contribution in [1.82, 2.24) is 24.7 Å². The van der Waals surface area contributed by atoms with Crippen molar-refractivity contribution in [3.8, 4) is 0 Å². The summed E-state index contributed by atoms with van der Waals surface area (Å²) in [5.74, 6) is 0.357. The van der Waals surface area contributed by atoms with Crippen LogP contribution < -0.4 is 11.4 Å². The minimum absolute atomic E-state index is 0.263. The van der Waals surface area contributed by atoms with Crippen LogP contribution in [0.1, 0.15) is 0 Å². The highest BCUT2D eigenvalue weighted by molar-refractivity contribution is 7.99. The molecule has 0 aromatic carbocycles. The third kappa shape index (κ3) is 1.99. The number of nitrogens with two attached hydrogens (primary N) is 1. The maximum atomic E-state index is 11.1. The van der Waals surface area contributed by atoms with Gasteiger partial charge in [-0.2, -0.15) is 0 Å². The quantitative estimate of drug-likeness (QED) is 0.721. The zero-order chi connectivity index (χ0) is 10.8. The standard InChI is InChI=1S/C7H8N6OS/c1-13-6(14)11-12-7(13)15-5-3-9-4(8)2-10-5/h2-3H,1H3,(H2,8,9)(H,11,14). The van der Waals surface area contributed by atoms with Gasteiger partial charge >= 0.3 is 5.69 Å². The van der Waals surface area contributed by atoms with E-state index in [1.807, 2.05) is 0 Å². The van der Waals surface area contributed by atoms with Crippen LogP contribution in [0.2, 0.25) is 0 Å². The second-order valence-electron chi connectivity index (χ2n) is 2.75. The number of nitrogen functional groups attached to an aromatic ring is 1. The number of hydrogen-bond donors (Lipinski definition) is 2. The van der Waals surface area contributed by atoms with Crippen molar-refractivity contribution in [2.24, 2.45) is 7.05 Å². The Morgan fingerprint density at radius 2 is 2.27 bits per heavy atom. The first-order chi connectivity index (χ1) is 7.16. The van der Waals surface area contributed by atoms with Gasteiger partial charge in [0.25, 0.3) is 0 Å². The predicted octanol–water partition coefficient (Wildman–Crippen LogP) is -0.368. The number of nitrogens with zero attached hydrogens (tertiary/aromatic N) is 4. The normalized spacial score (nSPS) is 10.5. The van der Waals surface area contributed by atoms with Crippen molar-refractivity contribution in [1.29, 1.82) is 0 Å². The Bertz CT molecular complexity index is 515. The lowest BCUT2D eigenvalue weighted by Gasteiger charge is -1.98. The summed E-state index contributed by atoms with van der Waals surface area (Å²) in [6, 6.07) is 0. The summed E-state index contributed by atoms with van der Waals surface area (Å²) in [7, 11) is 1.62. The van der Waals surface area contributed by atoms with E-state index in [9.17, 15) is 4.79 Å². The Hall–Kier alpha value is -1.83. The Balaban J connectivity index is 2.26. The lowest BCUT2D eigenvalue weighted by molar-refractivity contribution is 0.764. The zero-order valence-corrected chi connectivity index (χ0v) is 8.65. The molecule has 15 heavy (non-hydrogen) atoms. The number of aromatic amines is 1. The van der Waals surface area contributed by atoms with Gasteiger partial charge in [-0.15, -0.1) is 5.10 Å². The van der Waals surface area contributed by atoms with Gasteiger partial charge in [0.15, 0.2) is 5.16 Å². The summed E-state index contributed by atoms with van der Waals surface area (Å²) in [5.41, 5.74) is 5.13. The van der Waals surface area contributed by atoms with Gasteiger partial charge < -0.3 is 5.73 Å². The van der Waals surface area contributed by atoms with Crippen LogP contribution in [0.5, 0.6) is 0 Å². The molecule has 0 aliphatic carbocycles. The molecule has 2 heterocycles. The number of aromatic nitrogens is 5. The van der Waals surface area contributed by atoms with Gasteiger partial charge in [0.2, 0.25) is 0 Å². The molecule has 8 heteroatoms. The summed E-state index contributed by atoms with van der Waals surface area (Å²) in [6.45, 7) is 0. The van der Waals surface area contributed by atoms with E-state index in [4.69, 9.17) is 5.73 Å². The number of anilines is 1. The lowest BCUT2D eigenvalue weighted by atomic mass is 10.7. The molecule has 0 fully saturated rings. The van der Waals surface area contributed by atoms with Crippen LogP contribution in [-0.2, 0) is 7.05 Å². The van der Waals surface area contributed by atoms with Gasteiger partial charge in [0.1, 0.15) is 10.8 Å². The van der Waals surface area contributed by atoms with E-state index in [1.54, 1.807) is 7.05 Å². The zero-order valence-electron chi connectivity index (χ0n) is 7.84. The molecular weight excluding hydrogens is 216 g/mol. The first-order valence-corrected chi connectivity index (χ1v) is 4.85. The third-order valence-corrected chi connectivity index (χ3v) is 2.65. The maximum Gasteiger partial charge on any atom is 0.343 e.